The quantitative estimate of drug-likeness (QED) is 0.749. The lowest BCUT2D eigenvalue weighted by molar-refractivity contribution is 0.0786. The summed E-state index contributed by atoms with van der Waals surface area (Å²) in [6.45, 7) is 2.37. The van der Waals surface area contributed by atoms with Crippen LogP contribution in [0.2, 0.25) is 0 Å². The molecule has 2 aliphatic rings. The topological polar surface area (TPSA) is 49.6 Å². The molecule has 5 rings (SSSR count). The van der Waals surface area contributed by atoms with Gasteiger partial charge in [-0.25, -0.2) is 4.98 Å². The van der Waals surface area contributed by atoms with Gasteiger partial charge in [0.15, 0.2) is 10.7 Å². The number of carbonyl (C=O) groups excluding carboxylic acids is 1. The minimum atomic E-state index is 0.0873. The predicted octanol–water partition coefficient (Wildman–Crippen LogP) is 3.80. The molecular formula is C21H24N4OS. The number of imidazole rings is 1. The van der Waals surface area contributed by atoms with E-state index in [0.717, 1.165) is 49.4 Å². The molecule has 2 aromatic heterocycles. The summed E-state index contributed by atoms with van der Waals surface area (Å²) in [5.74, 6) is 0.0873. The molecule has 5 nitrogen and oxygen atoms in total. The summed E-state index contributed by atoms with van der Waals surface area (Å²) in [5, 5.41) is 5.75. The first kappa shape index (κ1) is 17.0. The fourth-order valence-electron chi connectivity index (χ4n) is 4.43. The maximum absolute atomic E-state index is 13.0. The van der Waals surface area contributed by atoms with Crippen molar-refractivity contribution in [2.24, 2.45) is 0 Å². The number of thiazole rings is 1. The van der Waals surface area contributed by atoms with Gasteiger partial charge in [0.05, 0.1) is 5.69 Å². The molecule has 6 heteroatoms. The number of hydrogen-bond acceptors (Lipinski definition) is 4. The van der Waals surface area contributed by atoms with Crippen LogP contribution >= 0.6 is 11.3 Å². The van der Waals surface area contributed by atoms with Crippen molar-refractivity contribution in [2.75, 3.05) is 13.1 Å². The minimum absolute atomic E-state index is 0.0873. The summed E-state index contributed by atoms with van der Waals surface area (Å²) in [5.41, 5.74) is 4.47. The van der Waals surface area contributed by atoms with Crippen molar-refractivity contribution in [2.45, 2.75) is 44.7 Å². The van der Waals surface area contributed by atoms with Crippen LogP contribution in [0.15, 0.2) is 35.8 Å². The van der Waals surface area contributed by atoms with Gasteiger partial charge in [-0.15, -0.1) is 11.3 Å². The normalized spacial score (nSPS) is 19.6. The first-order chi connectivity index (χ1) is 13.3. The van der Waals surface area contributed by atoms with Crippen molar-refractivity contribution in [1.29, 1.82) is 0 Å². The Morgan fingerprint density at radius 1 is 1.22 bits per heavy atom. The Kier molecular flexibility index (Phi) is 4.45. The van der Waals surface area contributed by atoms with Crippen LogP contribution < -0.4 is 5.32 Å². The number of benzene rings is 1. The van der Waals surface area contributed by atoms with Crippen LogP contribution in [0.1, 0.15) is 59.0 Å². The zero-order chi connectivity index (χ0) is 18.2. The molecule has 1 amide bonds. The maximum atomic E-state index is 13.0. The lowest BCUT2D eigenvalue weighted by atomic mass is 9.88. The SMILES string of the molecule is O=C(c1nc2sccn2c1CN[C@H]1CCCc2ccccc21)N1CCCC1. The number of likely N-dealkylation sites (tertiary alicyclic amines) is 1. The Morgan fingerprint density at radius 3 is 2.96 bits per heavy atom. The van der Waals surface area contributed by atoms with E-state index in [1.807, 2.05) is 16.5 Å². The van der Waals surface area contributed by atoms with Gasteiger partial charge in [-0.3, -0.25) is 9.20 Å². The summed E-state index contributed by atoms with van der Waals surface area (Å²) >= 11 is 1.59. The van der Waals surface area contributed by atoms with Crippen LogP contribution in [0.5, 0.6) is 0 Å². The Bertz CT molecular complexity index is 970. The summed E-state index contributed by atoms with van der Waals surface area (Å²) < 4.78 is 2.08. The standard InChI is InChI=1S/C21H24N4OS/c26-20(24-10-3-4-11-24)19-18(25-12-13-27-21(25)23-19)14-22-17-9-5-7-15-6-1-2-8-16(15)17/h1-2,6,8,12-13,17,22H,3-5,7,9-11,14H2/t17-/m0/s1. The molecule has 1 aliphatic carbocycles. The van der Waals surface area contributed by atoms with Gasteiger partial charge in [0.25, 0.3) is 5.91 Å². The summed E-state index contributed by atoms with van der Waals surface area (Å²) in [6.07, 6.45) is 7.72. The van der Waals surface area contributed by atoms with E-state index >= 15 is 0 Å². The van der Waals surface area contributed by atoms with Gasteiger partial charge in [0, 0.05) is 37.3 Å². The molecule has 1 aromatic carbocycles. The molecule has 1 N–H and O–H groups in total. The second-order valence-electron chi connectivity index (χ2n) is 7.49. The first-order valence-corrected chi connectivity index (χ1v) is 10.7. The van der Waals surface area contributed by atoms with Crippen LogP contribution in [0.4, 0.5) is 0 Å². The Hall–Kier alpha value is -2.18. The van der Waals surface area contributed by atoms with Crippen molar-refractivity contribution < 1.29 is 4.79 Å². The Morgan fingerprint density at radius 2 is 2.07 bits per heavy atom. The predicted molar refractivity (Wildman–Crippen MR) is 107 cm³/mol. The average Bonchev–Trinajstić information content (AvgIpc) is 3.43. The zero-order valence-corrected chi connectivity index (χ0v) is 16.2. The van der Waals surface area contributed by atoms with Crippen molar-refractivity contribution in [3.05, 3.63) is 58.4 Å². The molecular weight excluding hydrogens is 356 g/mol. The van der Waals surface area contributed by atoms with Gasteiger partial charge < -0.3 is 10.2 Å². The second kappa shape index (κ2) is 7.09. The van der Waals surface area contributed by atoms with Gasteiger partial charge in [-0.05, 0) is 43.2 Å². The van der Waals surface area contributed by atoms with E-state index in [1.165, 1.54) is 17.5 Å². The minimum Gasteiger partial charge on any atom is -0.337 e. The number of nitrogens with zero attached hydrogens (tertiary/aromatic N) is 3. The number of hydrogen-bond donors (Lipinski definition) is 1. The molecule has 1 saturated heterocycles. The number of aryl methyl sites for hydroxylation is 1. The van der Waals surface area contributed by atoms with Crippen molar-refractivity contribution in [1.82, 2.24) is 19.6 Å². The van der Waals surface area contributed by atoms with E-state index in [0.29, 0.717) is 18.3 Å². The lowest BCUT2D eigenvalue weighted by Crippen LogP contribution is -2.30. The molecule has 0 spiro atoms. The largest absolute Gasteiger partial charge is 0.337 e. The Balaban J connectivity index is 1.42. The highest BCUT2D eigenvalue weighted by Gasteiger charge is 2.27. The van der Waals surface area contributed by atoms with Crippen molar-refractivity contribution in [3.8, 4) is 0 Å². The molecule has 0 unspecified atom stereocenters. The van der Waals surface area contributed by atoms with Gasteiger partial charge in [-0.1, -0.05) is 24.3 Å². The summed E-state index contributed by atoms with van der Waals surface area (Å²) in [7, 11) is 0. The molecule has 140 valence electrons. The van der Waals surface area contributed by atoms with Gasteiger partial charge in [0.1, 0.15) is 0 Å². The number of carbonyl (C=O) groups is 1. The van der Waals surface area contributed by atoms with Gasteiger partial charge in [0.2, 0.25) is 0 Å². The van der Waals surface area contributed by atoms with E-state index < -0.39 is 0 Å². The fourth-order valence-corrected chi connectivity index (χ4v) is 5.16. The molecule has 3 aromatic rings. The molecule has 0 saturated carbocycles. The van der Waals surface area contributed by atoms with Crippen LogP contribution in [-0.4, -0.2) is 33.3 Å². The maximum Gasteiger partial charge on any atom is 0.274 e. The molecule has 27 heavy (non-hydrogen) atoms. The highest BCUT2D eigenvalue weighted by molar-refractivity contribution is 7.15. The van der Waals surface area contributed by atoms with Gasteiger partial charge >= 0.3 is 0 Å². The monoisotopic (exact) mass is 380 g/mol. The molecule has 0 radical (unpaired) electrons. The second-order valence-corrected chi connectivity index (χ2v) is 8.36. The van der Waals surface area contributed by atoms with E-state index in [9.17, 15) is 4.79 Å². The van der Waals surface area contributed by atoms with Crippen molar-refractivity contribution >= 4 is 22.2 Å². The van der Waals surface area contributed by atoms with E-state index in [2.05, 4.69) is 39.0 Å². The third-order valence-electron chi connectivity index (χ3n) is 5.84. The highest BCUT2D eigenvalue weighted by atomic mass is 32.1. The zero-order valence-electron chi connectivity index (χ0n) is 15.4. The number of aromatic nitrogens is 2. The summed E-state index contributed by atoms with van der Waals surface area (Å²) in [4.78, 5) is 20.5. The number of amides is 1. The smallest absolute Gasteiger partial charge is 0.274 e. The van der Waals surface area contributed by atoms with E-state index in [1.54, 1.807) is 11.3 Å². The molecule has 0 bridgehead atoms. The Labute approximate surface area is 163 Å². The van der Waals surface area contributed by atoms with E-state index in [-0.39, 0.29) is 5.91 Å². The number of nitrogens with one attached hydrogen (secondary N) is 1. The molecule has 3 heterocycles. The summed E-state index contributed by atoms with van der Waals surface area (Å²) in [6, 6.07) is 9.06. The highest BCUT2D eigenvalue weighted by Crippen LogP contribution is 2.30. The van der Waals surface area contributed by atoms with Crippen LogP contribution in [0.25, 0.3) is 4.96 Å². The first-order valence-electron chi connectivity index (χ1n) is 9.86. The van der Waals surface area contributed by atoms with Crippen LogP contribution in [0, 0.1) is 0 Å². The molecule has 1 aliphatic heterocycles. The number of fused-ring (bicyclic) bond motifs is 2. The average molecular weight is 381 g/mol. The molecule has 1 atom stereocenters. The third-order valence-corrected chi connectivity index (χ3v) is 6.60. The third kappa shape index (κ3) is 3.07. The fraction of sp³-hybridized carbons (Fsp3) is 0.429. The lowest BCUT2D eigenvalue weighted by Gasteiger charge is -2.26. The van der Waals surface area contributed by atoms with Crippen molar-refractivity contribution in [3.63, 3.8) is 0 Å². The van der Waals surface area contributed by atoms with Crippen LogP contribution in [0.3, 0.4) is 0 Å². The molecule has 1 fully saturated rings. The van der Waals surface area contributed by atoms with Crippen LogP contribution in [-0.2, 0) is 13.0 Å². The number of rotatable bonds is 4. The van der Waals surface area contributed by atoms with E-state index in [4.69, 9.17) is 0 Å². The van der Waals surface area contributed by atoms with Gasteiger partial charge in [-0.2, -0.15) is 0 Å².